The number of aryl methyl sites for hydroxylation is 1. The van der Waals surface area contributed by atoms with Gasteiger partial charge in [0.25, 0.3) is 0 Å². The molecule has 2 amide bonds. The smallest absolute Gasteiger partial charge is 0.321 e. The zero-order chi connectivity index (χ0) is 15.5. The van der Waals surface area contributed by atoms with Gasteiger partial charge in [0.15, 0.2) is 0 Å². The molecule has 1 fully saturated rings. The number of rotatable bonds is 1. The molecule has 0 saturated carbocycles. The van der Waals surface area contributed by atoms with Crippen LogP contribution in [0, 0.1) is 12.7 Å². The molecule has 1 N–H and O–H groups in total. The topological polar surface area (TPSA) is 32.3 Å². The summed E-state index contributed by atoms with van der Waals surface area (Å²) in [5, 5.41) is 2.73. The molecule has 1 aromatic rings. The van der Waals surface area contributed by atoms with E-state index in [1.54, 1.807) is 30.0 Å². The quantitative estimate of drug-likeness (QED) is 0.765. The van der Waals surface area contributed by atoms with Crippen LogP contribution in [0.3, 0.4) is 0 Å². The van der Waals surface area contributed by atoms with E-state index >= 15 is 0 Å². The van der Waals surface area contributed by atoms with E-state index in [0.717, 1.165) is 6.42 Å². The molecule has 112 valence electrons. The second-order valence-corrected chi connectivity index (χ2v) is 4.08. The summed E-state index contributed by atoms with van der Waals surface area (Å²) >= 11 is 0. The lowest BCUT2D eigenvalue weighted by Crippen LogP contribution is -2.46. The molecule has 1 aliphatic heterocycles. The molecule has 1 saturated heterocycles. The van der Waals surface area contributed by atoms with Gasteiger partial charge >= 0.3 is 6.03 Å². The number of anilines is 1. The first-order chi connectivity index (χ1) is 9.60. The number of hydrogen-bond donors (Lipinski definition) is 1. The fourth-order valence-corrected chi connectivity index (χ4v) is 1.63. The number of nitrogens with zero attached hydrogens (tertiary/aromatic N) is 1. The monoisotopic (exact) mass is 280 g/mol. The third-order valence-corrected chi connectivity index (χ3v) is 2.55. The molecule has 20 heavy (non-hydrogen) atoms. The van der Waals surface area contributed by atoms with Gasteiger partial charge in [0.1, 0.15) is 5.82 Å². The number of carbonyl (C=O) groups is 1. The molecule has 0 aliphatic carbocycles. The lowest BCUT2D eigenvalue weighted by atomic mass is 10.2. The lowest BCUT2D eigenvalue weighted by Gasteiger charge is -2.27. The Balaban J connectivity index is 0.000000641. The molecule has 0 spiro atoms. The largest absolute Gasteiger partial charge is 0.338 e. The molecule has 1 heterocycles. The highest BCUT2D eigenvalue weighted by atomic mass is 19.1. The number of carbonyl (C=O) groups excluding carboxylic acids is 1. The first kappa shape index (κ1) is 18.2. The minimum absolute atomic E-state index is 0.149. The highest BCUT2D eigenvalue weighted by molar-refractivity contribution is 5.92. The number of halogens is 1. The number of allylic oxidation sites excluding steroid dienone is 1. The predicted octanol–water partition coefficient (Wildman–Crippen LogP) is 4.27. The third kappa shape index (κ3) is 5.43. The maximum absolute atomic E-state index is 13.3. The van der Waals surface area contributed by atoms with Crippen molar-refractivity contribution in [2.24, 2.45) is 0 Å². The van der Waals surface area contributed by atoms with E-state index in [4.69, 9.17) is 0 Å². The van der Waals surface area contributed by atoms with Crippen LogP contribution in [0.4, 0.5) is 14.9 Å². The van der Waals surface area contributed by atoms with Gasteiger partial charge in [0.2, 0.25) is 0 Å². The maximum atomic E-state index is 13.3. The van der Waals surface area contributed by atoms with Crippen molar-refractivity contribution in [3.63, 3.8) is 0 Å². The van der Waals surface area contributed by atoms with Crippen LogP contribution in [-0.2, 0) is 0 Å². The summed E-state index contributed by atoms with van der Waals surface area (Å²) < 4.78 is 13.3. The second-order valence-electron chi connectivity index (χ2n) is 4.08. The molecule has 2 rings (SSSR count). The van der Waals surface area contributed by atoms with Crippen LogP contribution < -0.4 is 10.2 Å². The standard InChI is InChI=1S/C11H13FN2O.C3H6.C2H6/c1-8-3-4-9(7-10(8)12)14-6-2-5-13-11(14)15;1-3-2;1-2/h3-4,7H,2,5-6H2,1H3,(H,13,15);3H,1H2,2H3;1-2H3. The van der Waals surface area contributed by atoms with E-state index in [1.165, 1.54) is 6.07 Å². The van der Waals surface area contributed by atoms with Gasteiger partial charge in [-0.15, -0.1) is 6.58 Å². The molecular formula is C16H25FN2O. The molecule has 0 bridgehead atoms. The Morgan fingerprint density at radius 3 is 2.50 bits per heavy atom. The van der Waals surface area contributed by atoms with Crippen LogP contribution in [0.2, 0.25) is 0 Å². The zero-order valence-corrected chi connectivity index (χ0v) is 12.9. The van der Waals surface area contributed by atoms with E-state index in [2.05, 4.69) is 11.9 Å². The summed E-state index contributed by atoms with van der Waals surface area (Å²) in [7, 11) is 0. The van der Waals surface area contributed by atoms with Crippen molar-refractivity contribution in [3.05, 3.63) is 42.2 Å². The number of amides is 2. The summed E-state index contributed by atoms with van der Waals surface area (Å²) in [5.41, 5.74) is 1.21. The Bertz CT molecular complexity index is 432. The van der Waals surface area contributed by atoms with Gasteiger partial charge in [-0.05, 0) is 38.0 Å². The van der Waals surface area contributed by atoms with Gasteiger partial charge < -0.3 is 5.32 Å². The minimum Gasteiger partial charge on any atom is -0.338 e. The summed E-state index contributed by atoms with van der Waals surface area (Å²) in [4.78, 5) is 13.0. The molecule has 0 aromatic heterocycles. The first-order valence-corrected chi connectivity index (χ1v) is 6.98. The molecule has 3 nitrogen and oxygen atoms in total. The van der Waals surface area contributed by atoms with Gasteiger partial charge in [-0.1, -0.05) is 26.0 Å². The van der Waals surface area contributed by atoms with E-state index in [0.29, 0.717) is 24.3 Å². The van der Waals surface area contributed by atoms with Crippen LogP contribution >= 0.6 is 0 Å². The van der Waals surface area contributed by atoms with Gasteiger partial charge in [-0.3, -0.25) is 4.90 Å². The van der Waals surface area contributed by atoms with Gasteiger partial charge in [0, 0.05) is 18.8 Å². The minimum atomic E-state index is -0.272. The number of hydrogen-bond acceptors (Lipinski definition) is 1. The van der Waals surface area contributed by atoms with Crippen molar-refractivity contribution in [1.82, 2.24) is 5.32 Å². The van der Waals surface area contributed by atoms with Gasteiger partial charge in [0.05, 0.1) is 0 Å². The SMILES string of the molecule is C=CC.CC.Cc1ccc(N2CCCNC2=O)cc1F. The van der Waals surface area contributed by atoms with Crippen LogP contribution in [0.5, 0.6) is 0 Å². The van der Waals surface area contributed by atoms with Crippen molar-refractivity contribution in [3.8, 4) is 0 Å². The summed E-state index contributed by atoms with van der Waals surface area (Å²) in [6, 6.07) is 4.71. The van der Waals surface area contributed by atoms with Crippen LogP contribution in [0.15, 0.2) is 30.9 Å². The fourth-order valence-electron chi connectivity index (χ4n) is 1.63. The second kappa shape index (κ2) is 10.0. The predicted molar refractivity (Wildman–Crippen MR) is 83.7 cm³/mol. The van der Waals surface area contributed by atoms with Crippen molar-refractivity contribution >= 4 is 11.7 Å². The lowest BCUT2D eigenvalue weighted by molar-refractivity contribution is 0.243. The highest BCUT2D eigenvalue weighted by Gasteiger charge is 2.19. The molecule has 1 aromatic carbocycles. The molecular weight excluding hydrogens is 255 g/mol. The average Bonchev–Trinajstić information content (AvgIpc) is 2.46. The average molecular weight is 280 g/mol. The maximum Gasteiger partial charge on any atom is 0.321 e. The van der Waals surface area contributed by atoms with E-state index in [1.807, 2.05) is 20.8 Å². The Labute approximate surface area is 121 Å². The van der Waals surface area contributed by atoms with E-state index in [9.17, 15) is 9.18 Å². The van der Waals surface area contributed by atoms with Crippen LogP contribution in [0.25, 0.3) is 0 Å². The van der Waals surface area contributed by atoms with E-state index in [-0.39, 0.29) is 11.8 Å². The first-order valence-electron chi connectivity index (χ1n) is 6.98. The van der Waals surface area contributed by atoms with Crippen molar-refractivity contribution < 1.29 is 9.18 Å². The normalized spacial score (nSPS) is 13.2. The highest BCUT2D eigenvalue weighted by Crippen LogP contribution is 2.19. The molecule has 1 aliphatic rings. The summed E-state index contributed by atoms with van der Waals surface area (Å²) in [6.45, 7) is 12.3. The van der Waals surface area contributed by atoms with Gasteiger partial charge in [-0.2, -0.15) is 0 Å². The van der Waals surface area contributed by atoms with Crippen molar-refractivity contribution in [2.75, 3.05) is 18.0 Å². The fraction of sp³-hybridized carbons (Fsp3) is 0.438. The van der Waals surface area contributed by atoms with E-state index < -0.39 is 0 Å². The Morgan fingerprint density at radius 1 is 1.40 bits per heavy atom. The molecule has 0 unspecified atom stereocenters. The Kier molecular flexibility index (Phi) is 9.09. The number of urea groups is 1. The summed E-state index contributed by atoms with van der Waals surface area (Å²) in [6.07, 6.45) is 2.64. The number of nitrogens with one attached hydrogen (secondary N) is 1. The molecule has 0 atom stereocenters. The van der Waals surface area contributed by atoms with Crippen molar-refractivity contribution in [2.45, 2.75) is 34.1 Å². The van der Waals surface area contributed by atoms with Crippen LogP contribution in [-0.4, -0.2) is 19.1 Å². The zero-order valence-electron chi connectivity index (χ0n) is 12.9. The van der Waals surface area contributed by atoms with Crippen molar-refractivity contribution in [1.29, 1.82) is 0 Å². The molecule has 4 heteroatoms. The van der Waals surface area contributed by atoms with Crippen LogP contribution in [0.1, 0.15) is 32.8 Å². The summed E-state index contributed by atoms with van der Waals surface area (Å²) in [5.74, 6) is -0.272. The third-order valence-electron chi connectivity index (χ3n) is 2.55. The number of benzene rings is 1. The Morgan fingerprint density at radius 2 is 2.00 bits per heavy atom. The van der Waals surface area contributed by atoms with Gasteiger partial charge in [-0.25, -0.2) is 9.18 Å². The Hall–Kier alpha value is -1.84. The molecule has 0 radical (unpaired) electrons.